The minimum Gasteiger partial charge on any atom is -0.492 e. The van der Waals surface area contributed by atoms with Crippen LogP contribution in [0.25, 0.3) is 0 Å². The van der Waals surface area contributed by atoms with Gasteiger partial charge in [-0.25, -0.2) is 0 Å². The van der Waals surface area contributed by atoms with Crippen molar-refractivity contribution in [2.45, 2.75) is 19.8 Å². The maximum atomic E-state index is 12.9. The molecule has 0 aliphatic rings. The van der Waals surface area contributed by atoms with E-state index >= 15 is 0 Å². The molecule has 3 rings (SSSR count). The number of anilines is 2. The number of halogens is 1. The molecule has 2 amide bonds. The van der Waals surface area contributed by atoms with Gasteiger partial charge in [-0.05, 0) is 54.2 Å². The van der Waals surface area contributed by atoms with Crippen molar-refractivity contribution in [2.24, 2.45) is 0 Å². The lowest BCUT2D eigenvalue weighted by Gasteiger charge is -2.14. The second kappa shape index (κ2) is 12.1. The van der Waals surface area contributed by atoms with Gasteiger partial charge >= 0.3 is 0 Å². The second-order valence-electron chi connectivity index (χ2n) is 7.12. The van der Waals surface area contributed by atoms with E-state index in [1.807, 2.05) is 36.4 Å². The fourth-order valence-electron chi connectivity index (χ4n) is 2.99. The molecule has 0 fully saturated rings. The first-order chi connectivity index (χ1) is 15.9. The summed E-state index contributed by atoms with van der Waals surface area (Å²) in [6.07, 6.45) is 1.11. The first-order valence-corrected chi connectivity index (χ1v) is 11.6. The summed E-state index contributed by atoms with van der Waals surface area (Å²) >= 11 is 8.72. The van der Waals surface area contributed by atoms with Crippen LogP contribution in [-0.4, -0.2) is 23.5 Å². The van der Waals surface area contributed by atoms with E-state index < -0.39 is 0 Å². The van der Waals surface area contributed by atoms with E-state index in [-0.39, 0.29) is 16.9 Å². The molecule has 3 N–H and O–H groups in total. The van der Waals surface area contributed by atoms with Crippen molar-refractivity contribution in [3.63, 3.8) is 0 Å². The highest BCUT2D eigenvalue weighted by molar-refractivity contribution is 9.10. The van der Waals surface area contributed by atoms with Crippen molar-refractivity contribution in [1.29, 1.82) is 0 Å². The molecule has 33 heavy (non-hydrogen) atoms. The third-order valence-corrected chi connectivity index (χ3v) is 5.33. The lowest BCUT2D eigenvalue weighted by Crippen LogP contribution is -2.34. The average molecular weight is 526 g/mol. The van der Waals surface area contributed by atoms with Gasteiger partial charge < -0.3 is 15.4 Å². The SMILES string of the molecule is CCC(=O)Nc1cccc(NC(=S)NC(=O)c2cc(Br)ccc2OCCc2ccccc2)c1. The standard InChI is InChI=1S/C25H24BrN3O3S/c1-2-23(30)27-19-9-6-10-20(16-19)28-25(33)29-24(31)21-15-18(26)11-12-22(21)32-14-13-17-7-4-3-5-8-17/h3-12,15-16H,2,13-14H2,1H3,(H,27,30)(H2,28,29,31,33). The van der Waals surface area contributed by atoms with Crippen LogP contribution in [0.3, 0.4) is 0 Å². The molecule has 3 aromatic rings. The van der Waals surface area contributed by atoms with Crippen LogP contribution in [0.2, 0.25) is 0 Å². The third kappa shape index (κ3) is 7.69. The molecule has 0 aromatic heterocycles. The number of benzene rings is 3. The molecule has 0 aliphatic heterocycles. The summed E-state index contributed by atoms with van der Waals surface area (Å²) in [6.45, 7) is 2.22. The predicted molar refractivity (Wildman–Crippen MR) is 139 cm³/mol. The molecule has 0 aliphatic carbocycles. The molecule has 8 heteroatoms. The number of carbonyl (C=O) groups excluding carboxylic acids is 2. The predicted octanol–water partition coefficient (Wildman–Crippen LogP) is 5.55. The summed E-state index contributed by atoms with van der Waals surface area (Å²) < 4.78 is 6.65. The van der Waals surface area contributed by atoms with E-state index in [1.165, 1.54) is 0 Å². The maximum Gasteiger partial charge on any atom is 0.261 e. The first kappa shape index (κ1) is 24.4. The number of rotatable bonds is 8. The van der Waals surface area contributed by atoms with Gasteiger partial charge in [0.1, 0.15) is 5.75 Å². The molecule has 170 valence electrons. The van der Waals surface area contributed by atoms with Gasteiger partial charge in [-0.1, -0.05) is 59.3 Å². The number of ether oxygens (including phenoxy) is 1. The normalized spacial score (nSPS) is 10.2. The van der Waals surface area contributed by atoms with Crippen molar-refractivity contribution >= 4 is 56.4 Å². The second-order valence-corrected chi connectivity index (χ2v) is 8.44. The van der Waals surface area contributed by atoms with Crippen LogP contribution in [0, 0.1) is 0 Å². The highest BCUT2D eigenvalue weighted by Gasteiger charge is 2.15. The van der Waals surface area contributed by atoms with E-state index in [2.05, 4.69) is 31.9 Å². The quantitative estimate of drug-likeness (QED) is 0.336. The highest BCUT2D eigenvalue weighted by Crippen LogP contribution is 2.24. The molecule has 0 saturated heterocycles. The van der Waals surface area contributed by atoms with Crippen molar-refractivity contribution in [3.05, 3.63) is 88.4 Å². The number of carbonyl (C=O) groups is 2. The number of hydrogen-bond donors (Lipinski definition) is 3. The monoisotopic (exact) mass is 525 g/mol. The Morgan fingerprint density at radius 3 is 2.39 bits per heavy atom. The van der Waals surface area contributed by atoms with Gasteiger partial charge in [0.05, 0.1) is 12.2 Å². The summed E-state index contributed by atoms with van der Waals surface area (Å²) in [5.74, 6) is -0.00450. The molecule has 0 unspecified atom stereocenters. The molecule has 0 bridgehead atoms. The van der Waals surface area contributed by atoms with Gasteiger partial charge in [0, 0.05) is 28.7 Å². The minimum atomic E-state index is -0.390. The molecule has 3 aromatic carbocycles. The molecule has 0 heterocycles. The van der Waals surface area contributed by atoms with Gasteiger partial charge in [-0.3, -0.25) is 14.9 Å². The lowest BCUT2D eigenvalue weighted by atomic mass is 10.1. The zero-order valence-electron chi connectivity index (χ0n) is 18.1. The van der Waals surface area contributed by atoms with E-state index in [0.29, 0.717) is 35.7 Å². The first-order valence-electron chi connectivity index (χ1n) is 10.4. The van der Waals surface area contributed by atoms with Gasteiger partial charge in [-0.2, -0.15) is 0 Å². The Labute approximate surface area is 206 Å². The summed E-state index contributed by atoms with van der Waals surface area (Å²) in [4.78, 5) is 24.5. The van der Waals surface area contributed by atoms with Crippen molar-refractivity contribution < 1.29 is 14.3 Å². The number of hydrogen-bond acceptors (Lipinski definition) is 4. The molecular weight excluding hydrogens is 502 g/mol. The summed E-state index contributed by atoms with van der Waals surface area (Å²) in [7, 11) is 0. The Morgan fingerprint density at radius 2 is 1.67 bits per heavy atom. The van der Waals surface area contributed by atoms with Crippen LogP contribution >= 0.6 is 28.1 Å². The van der Waals surface area contributed by atoms with Crippen LogP contribution in [0.4, 0.5) is 11.4 Å². The van der Waals surface area contributed by atoms with E-state index in [0.717, 1.165) is 16.5 Å². The molecule has 6 nitrogen and oxygen atoms in total. The Kier molecular flexibility index (Phi) is 8.97. The van der Waals surface area contributed by atoms with Crippen molar-refractivity contribution in [1.82, 2.24) is 5.32 Å². The number of thiocarbonyl (C=S) groups is 1. The van der Waals surface area contributed by atoms with Crippen LogP contribution in [0.15, 0.2) is 77.3 Å². The summed E-state index contributed by atoms with van der Waals surface area (Å²) in [6, 6.07) is 22.3. The van der Waals surface area contributed by atoms with E-state index in [9.17, 15) is 9.59 Å². The lowest BCUT2D eigenvalue weighted by molar-refractivity contribution is -0.115. The maximum absolute atomic E-state index is 12.9. The fourth-order valence-corrected chi connectivity index (χ4v) is 3.56. The Hall–Kier alpha value is -3.23. The molecule has 0 atom stereocenters. The minimum absolute atomic E-state index is 0.0857. The number of amides is 2. The van der Waals surface area contributed by atoms with Crippen LogP contribution < -0.4 is 20.7 Å². The van der Waals surface area contributed by atoms with Gasteiger partial charge in [0.2, 0.25) is 5.91 Å². The molecule has 0 radical (unpaired) electrons. The van der Waals surface area contributed by atoms with Crippen LogP contribution in [0.5, 0.6) is 5.75 Å². The Morgan fingerprint density at radius 1 is 0.939 bits per heavy atom. The van der Waals surface area contributed by atoms with Crippen LogP contribution in [0.1, 0.15) is 29.3 Å². The fraction of sp³-hybridized carbons (Fsp3) is 0.160. The topological polar surface area (TPSA) is 79.5 Å². The van der Waals surface area contributed by atoms with Crippen LogP contribution in [-0.2, 0) is 11.2 Å². The summed E-state index contributed by atoms with van der Waals surface area (Å²) in [5.41, 5.74) is 2.80. The largest absolute Gasteiger partial charge is 0.492 e. The zero-order chi connectivity index (χ0) is 23.6. The van der Waals surface area contributed by atoms with Gasteiger partial charge in [0.25, 0.3) is 5.91 Å². The summed E-state index contributed by atoms with van der Waals surface area (Å²) in [5, 5.41) is 8.57. The zero-order valence-corrected chi connectivity index (χ0v) is 20.5. The molecular formula is C25H24BrN3O3S. The molecule has 0 spiro atoms. The molecule has 0 saturated carbocycles. The average Bonchev–Trinajstić information content (AvgIpc) is 2.80. The van der Waals surface area contributed by atoms with Crippen molar-refractivity contribution in [3.8, 4) is 5.75 Å². The Bertz CT molecular complexity index is 1140. The van der Waals surface area contributed by atoms with Crippen molar-refractivity contribution in [2.75, 3.05) is 17.2 Å². The number of nitrogens with one attached hydrogen (secondary N) is 3. The van der Waals surface area contributed by atoms with Gasteiger partial charge in [0.15, 0.2) is 5.11 Å². The van der Waals surface area contributed by atoms with E-state index in [4.69, 9.17) is 17.0 Å². The smallest absolute Gasteiger partial charge is 0.261 e. The van der Waals surface area contributed by atoms with Gasteiger partial charge in [-0.15, -0.1) is 0 Å². The third-order valence-electron chi connectivity index (χ3n) is 4.63. The van der Waals surface area contributed by atoms with E-state index in [1.54, 1.807) is 43.3 Å². The highest BCUT2D eigenvalue weighted by atomic mass is 79.9. The Balaban J connectivity index is 1.62.